The first-order chi connectivity index (χ1) is 16.7. The number of ketones is 1. The number of carbonyl (C=O) groups is 2. The molecule has 1 amide bonds. The van der Waals surface area contributed by atoms with Crippen molar-refractivity contribution in [3.63, 3.8) is 0 Å². The van der Waals surface area contributed by atoms with Gasteiger partial charge < -0.3 is 5.32 Å². The number of hydrogen-bond donors (Lipinski definition) is 1. The predicted molar refractivity (Wildman–Crippen MR) is 136 cm³/mol. The summed E-state index contributed by atoms with van der Waals surface area (Å²) in [6.45, 7) is 0. The number of fused-ring (bicyclic) bond motifs is 1. The zero-order chi connectivity index (χ0) is 23.3. The van der Waals surface area contributed by atoms with Crippen LogP contribution in [0.1, 0.15) is 47.2 Å². The summed E-state index contributed by atoms with van der Waals surface area (Å²) < 4.78 is 0. The molecular formula is C28H25N3O2S. The van der Waals surface area contributed by atoms with Gasteiger partial charge in [-0.1, -0.05) is 24.3 Å². The first kappa shape index (κ1) is 22.2. The number of anilines is 1. The van der Waals surface area contributed by atoms with Crippen LogP contribution < -0.4 is 5.32 Å². The Morgan fingerprint density at radius 1 is 0.912 bits per heavy atom. The van der Waals surface area contributed by atoms with Crippen molar-refractivity contribution in [3.05, 3.63) is 89.1 Å². The molecule has 2 aromatic carbocycles. The average molecular weight is 468 g/mol. The molecule has 1 aliphatic rings. The van der Waals surface area contributed by atoms with Crippen molar-refractivity contribution in [1.29, 1.82) is 0 Å². The highest BCUT2D eigenvalue weighted by Gasteiger charge is 2.15. The first-order valence-electron chi connectivity index (χ1n) is 11.6. The minimum absolute atomic E-state index is 0.0164. The maximum atomic E-state index is 12.7. The van der Waals surface area contributed by atoms with Crippen molar-refractivity contribution >= 4 is 28.7 Å². The molecule has 6 heteroatoms. The van der Waals surface area contributed by atoms with E-state index < -0.39 is 0 Å². The first-order valence-corrected chi connectivity index (χ1v) is 12.4. The number of Topliss-reactive ketones (excluding diaryl/α,β-unsaturated/α-hetero) is 1. The van der Waals surface area contributed by atoms with E-state index in [-0.39, 0.29) is 24.5 Å². The third-order valence-electron chi connectivity index (χ3n) is 6.10. The molecule has 1 N–H and O–H groups in total. The van der Waals surface area contributed by atoms with E-state index >= 15 is 0 Å². The Hall–Kier alpha value is -3.64. The molecule has 0 unspecified atom stereocenters. The quantitative estimate of drug-likeness (QED) is 0.321. The smallest absolute Gasteiger partial charge is 0.224 e. The second-order valence-electron chi connectivity index (χ2n) is 8.52. The van der Waals surface area contributed by atoms with E-state index in [0.29, 0.717) is 11.3 Å². The summed E-state index contributed by atoms with van der Waals surface area (Å²) in [5.74, 6) is -0.152. The Bertz CT molecular complexity index is 1330. The van der Waals surface area contributed by atoms with Gasteiger partial charge in [-0.15, -0.1) is 11.3 Å². The fourth-order valence-electron chi connectivity index (χ4n) is 4.29. The molecule has 0 saturated carbocycles. The van der Waals surface area contributed by atoms with Gasteiger partial charge in [0.1, 0.15) is 5.01 Å². The summed E-state index contributed by atoms with van der Waals surface area (Å²) in [5, 5.41) is 5.82. The number of pyridine rings is 1. The standard InChI is InChI=1S/C28H25N3O2S/c32-26(22-11-10-19-5-1-2-6-20(19)15-22)12-13-27(33)30-24-9-3-7-21(16-24)25-18-34-28(31-25)23-8-4-14-29-17-23/h3-4,7-11,14-18H,1-2,5-6,12-13H2,(H,30,33). The monoisotopic (exact) mass is 467 g/mol. The maximum absolute atomic E-state index is 12.7. The van der Waals surface area contributed by atoms with Crippen molar-refractivity contribution in [1.82, 2.24) is 9.97 Å². The summed E-state index contributed by atoms with van der Waals surface area (Å²) in [7, 11) is 0. The lowest BCUT2D eigenvalue weighted by molar-refractivity contribution is -0.116. The van der Waals surface area contributed by atoms with Gasteiger partial charge in [0.15, 0.2) is 5.78 Å². The zero-order valence-corrected chi connectivity index (χ0v) is 19.6. The molecule has 0 spiro atoms. The van der Waals surface area contributed by atoms with Crippen molar-refractivity contribution in [2.24, 2.45) is 0 Å². The molecule has 5 nitrogen and oxygen atoms in total. The van der Waals surface area contributed by atoms with Gasteiger partial charge in [-0.3, -0.25) is 14.6 Å². The van der Waals surface area contributed by atoms with Crippen molar-refractivity contribution in [2.45, 2.75) is 38.5 Å². The molecular weight excluding hydrogens is 442 g/mol. The largest absolute Gasteiger partial charge is 0.326 e. The van der Waals surface area contributed by atoms with Crippen LogP contribution in [0.2, 0.25) is 0 Å². The molecule has 34 heavy (non-hydrogen) atoms. The maximum Gasteiger partial charge on any atom is 0.224 e. The number of carbonyl (C=O) groups excluding carboxylic acids is 2. The van der Waals surface area contributed by atoms with E-state index in [4.69, 9.17) is 4.98 Å². The van der Waals surface area contributed by atoms with E-state index in [1.165, 1.54) is 24.0 Å². The van der Waals surface area contributed by atoms with Crippen LogP contribution in [-0.4, -0.2) is 21.7 Å². The highest BCUT2D eigenvalue weighted by atomic mass is 32.1. The Labute approximate surface area is 202 Å². The molecule has 5 rings (SSSR count). The normalized spacial score (nSPS) is 12.7. The second kappa shape index (κ2) is 10.1. The number of amides is 1. The van der Waals surface area contributed by atoms with Crippen LogP contribution >= 0.6 is 11.3 Å². The number of hydrogen-bond acceptors (Lipinski definition) is 5. The van der Waals surface area contributed by atoms with Gasteiger partial charge in [0.2, 0.25) is 5.91 Å². The highest BCUT2D eigenvalue weighted by molar-refractivity contribution is 7.13. The highest BCUT2D eigenvalue weighted by Crippen LogP contribution is 2.29. The van der Waals surface area contributed by atoms with Crippen molar-refractivity contribution < 1.29 is 9.59 Å². The van der Waals surface area contributed by atoms with Crippen LogP contribution in [0.4, 0.5) is 5.69 Å². The summed E-state index contributed by atoms with van der Waals surface area (Å²) in [5.41, 5.74) is 6.80. The number of aromatic nitrogens is 2. The fraction of sp³-hybridized carbons (Fsp3) is 0.214. The predicted octanol–water partition coefficient (Wildman–Crippen LogP) is 6.35. The Balaban J connectivity index is 1.20. The molecule has 0 fully saturated rings. The molecule has 2 heterocycles. The van der Waals surface area contributed by atoms with Crippen LogP contribution in [0.15, 0.2) is 72.4 Å². The molecule has 0 atom stereocenters. The number of nitrogens with one attached hydrogen (secondary N) is 1. The van der Waals surface area contributed by atoms with Gasteiger partial charge in [0, 0.05) is 53.0 Å². The fourth-order valence-corrected chi connectivity index (χ4v) is 5.11. The number of aryl methyl sites for hydroxylation is 2. The summed E-state index contributed by atoms with van der Waals surface area (Å²) in [6.07, 6.45) is 8.42. The average Bonchev–Trinajstić information content (AvgIpc) is 3.38. The van der Waals surface area contributed by atoms with Crippen LogP contribution in [0, 0.1) is 0 Å². The van der Waals surface area contributed by atoms with Crippen molar-refractivity contribution in [2.75, 3.05) is 5.32 Å². The van der Waals surface area contributed by atoms with E-state index in [0.717, 1.165) is 34.7 Å². The number of nitrogens with zero attached hydrogens (tertiary/aromatic N) is 2. The summed E-state index contributed by atoms with van der Waals surface area (Å²) >= 11 is 1.56. The topological polar surface area (TPSA) is 72.0 Å². The van der Waals surface area contributed by atoms with Gasteiger partial charge in [-0.2, -0.15) is 0 Å². The lowest BCUT2D eigenvalue weighted by atomic mass is 9.89. The third-order valence-corrected chi connectivity index (χ3v) is 7.00. The van der Waals surface area contributed by atoms with Gasteiger partial charge >= 0.3 is 0 Å². The molecule has 2 aromatic heterocycles. The Morgan fingerprint density at radius 3 is 2.62 bits per heavy atom. The van der Waals surface area contributed by atoms with Gasteiger partial charge in [0.25, 0.3) is 0 Å². The lowest BCUT2D eigenvalue weighted by Gasteiger charge is -2.16. The molecule has 170 valence electrons. The Kier molecular flexibility index (Phi) is 6.58. The third kappa shape index (κ3) is 5.13. The molecule has 4 aromatic rings. The number of thiazole rings is 1. The molecule has 0 saturated heterocycles. The molecule has 0 bridgehead atoms. The molecule has 0 radical (unpaired) electrons. The minimum Gasteiger partial charge on any atom is -0.326 e. The lowest BCUT2D eigenvalue weighted by Crippen LogP contribution is -2.14. The minimum atomic E-state index is -0.169. The summed E-state index contributed by atoms with van der Waals surface area (Å²) in [4.78, 5) is 34.1. The van der Waals surface area contributed by atoms with Crippen LogP contribution in [-0.2, 0) is 17.6 Å². The number of rotatable bonds is 7. The van der Waals surface area contributed by atoms with E-state index in [9.17, 15) is 9.59 Å². The molecule has 1 aliphatic carbocycles. The second-order valence-corrected chi connectivity index (χ2v) is 9.38. The zero-order valence-electron chi connectivity index (χ0n) is 18.8. The summed E-state index contributed by atoms with van der Waals surface area (Å²) in [6, 6.07) is 17.5. The van der Waals surface area contributed by atoms with E-state index in [2.05, 4.69) is 16.4 Å². The van der Waals surface area contributed by atoms with Gasteiger partial charge in [-0.05, 0) is 67.1 Å². The van der Waals surface area contributed by atoms with Crippen LogP contribution in [0.3, 0.4) is 0 Å². The van der Waals surface area contributed by atoms with Gasteiger partial charge in [-0.25, -0.2) is 4.98 Å². The Morgan fingerprint density at radius 2 is 1.76 bits per heavy atom. The van der Waals surface area contributed by atoms with Crippen LogP contribution in [0.25, 0.3) is 21.8 Å². The molecule has 0 aliphatic heterocycles. The SMILES string of the molecule is O=C(CCC(=O)c1ccc2c(c1)CCCC2)Nc1cccc(-c2csc(-c3cccnc3)n2)c1. The van der Waals surface area contributed by atoms with Gasteiger partial charge in [0.05, 0.1) is 5.69 Å². The van der Waals surface area contributed by atoms with Crippen molar-refractivity contribution in [3.8, 4) is 21.8 Å². The van der Waals surface area contributed by atoms with Crippen LogP contribution in [0.5, 0.6) is 0 Å². The van der Waals surface area contributed by atoms with E-state index in [1.54, 1.807) is 23.7 Å². The van der Waals surface area contributed by atoms with E-state index in [1.807, 2.05) is 53.9 Å². The number of benzene rings is 2.